The summed E-state index contributed by atoms with van der Waals surface area (Å²) in [7, 11) is 0. The molecular formula is C9H3ClF7N3O3. The number of amides is 1. The maximum absolute atomic E-state index is 13.1. The average molecular weight is 370 g/mol. The van der Waals surface area contributed by atoms with E-state index in [-0.39, 0.29) is 5.02 Å². The van der Waals surface area contributed by atoms with Gasteiger partial charge < -0.3 is 0 Å². The molecule has 1 amide bonds. The monoisotopic (exact) mass is 369 g/mol. The van der Waals surface area contributed by atoms with Gasteiger partial charge in [-0.3, -0.25) is 20.2 Å². The van der Waals surface area contributed by atoms with Gasteiger partial charge in [-0.05, 0) is 0 Å². The van der Waals surface area contributed by atoms with Crippen LogP contribution in [0.15, 0.2) is 12.3 Å². The Morgan fingerprint density at radius 2 is 1.74 bits per heavy atom. The summed E-state index contributed by atoms with van der Waals surface area (Å²) in [5.74, 6) is -17.3. The summed E-state index contributed by atoms with van der Waals surface area (Å²) in [5.41, 5.74) is -1.18. The number of nitrogens with zero attached hydrogens (tertiary/aromatic N) is 2. The first-order chi connectivity index (χ1) is 10.2. The fourth-order valence-electron chi connectivity index (χ4n) is 1.17. The van der Waals surface area contributed by atoms with Crippen LogP contribution in [0.3, 0.4) is 0 Å². The topological polar surface area (TPSA) is 85.1 Å². The highest BCUT2D eigenvalue weighted by atomic mass is 35.5. The molecule has 0 saturated heterocycles. The number of carbonyl (C=O) groups is 1. The summed E-state index contributed by atoms with van der Waals surface area (Å²) in [4.78, 5) is 23.4. The second-order valence-electron chi connectivity index (χ2n) is 3.88. The average Bonchev–Trinajstić information content (AvgIpc) is 2.38. The van der Waals surface area contributed by atoms with E-state index in [9.17, 15) is 45.6 Å². The first-order valence-electron chi connectivity index (χ1n) is 5.15. The van der Waals surface area contributed by atoms with Gasteiger partial charge in [0.05, 0.1) is 9.95 Å². The largest absolute Gasteiger partial charge is 0.460 e. The number of aromatic nitrogens is 1. The lowest BCUT2D eigenvalue weighted by molar-refractivity contribution is -0.384. The molecule has 0 fully saturated rings. The van der Waals surface area contributed by atoms with Crippen LogP contribution in [-0.4, -0.2) is 33.8 Å². The fraction of sp³-hybridized carbons (Fsp3) is 0.333. The Kier molecular flexibility index (Phi) is 4.75. The standard InChI is InChI=1S/C9H3ClF7N3O3/c10-3-1-4(20(22)23)5(18-2-3)19-6(21)7(11,12)8(13,14)9(15,16)17/h1-2H,(H,18,19,21). The Morgan fingerprint density at radius 3 is 2.17 bits per heavy atom. The van der Waals surface area contributed by atoms with Crippen molar-refractivity contribution in [3.8, 4) is 0 Å². The van der Waals surface area contributed by atoms with Crippen LogP contribution >= 0.6 is 11.6 Å². The van der Waals surface area contributed by atoms with E-state index in [2.05, 4.69) is 4.98 Å². The lowest BCUT2D eigenvalue weighted by atomic mass is 10.1. The normalized spacial score (nSPS) is 12.9. The number of pyridine rings is 1. The van der Waals surface area contributed by atoms with Crippen molar-refractivity contribution >= 4 is 29.0 Å². The van der Waals surface area contributed by atoms with Crippen molar-refractivity contribution < 1.29 is 40.5 Å². The molecule has 0 bridgehead atoms. The highest BCUT2D eigenvalue weighted by molar-refractivity contribution is 6.30. The van der Waals surface area contributed by atoms with Gasteiger partial charge in [-0.25, -0.2) is 4.98 Å². The van der Waals surface area contributed by atoms with Crippen molar-refractivity contribution in [2.75, 3.05) is 5.32 Å². The molecule has 1 aromatic heterocycles. The van der Waals surface area contributed by atoms with Gasteiger partial charge in [-0.1, -0.05) is 11.6 Å². The minimum Gasteiger partial charge on any atom is -0.299 e. The SMILES string of the molecule is O=C(Nc1ncc(Cl)cc1[N+](=O)[O-])C(F)(F)C(F)(F)C(F)(F)F. The quantitative estimate of drug-likeness (QED) is 0.500. The third-order valence-electron chi connectivity index (χ3n) is 2.30. The van der Waals surface area contributed by atoms with Gasteiger partial charge in [0, 0.05) is 12.3 Å². The van der Waals surface area contributed by atoms with Gasteiger partial charge in [-0.15, -0.1) is 0 Å². The first-order valence-corrected chi connectivity index (χ1v) is 5.53. The van der Waals surface area contributed by atoms with E-state index >= 15 is 0 Å². The van der Waals surface area contributed by atoms with Gasteiger partial charge in [0.15, 0.2) is 0 Å². The molecule has 0 radical (unpaired) electrons. The number of nitrogens with one attached hydrogen (secondary N) is 1. The number of alkyl halides is 7. The summed E-state index contributed by atoms with van der Waals surface area (Å²) >= 11 is 5.32. The Morgan fingerprint density at radius 1 is 1.22 bits per heavy atom. The molecule has 6 nitrogen and oxygen atoms in total. The van der Waals surface area contributed by atoms with Crippen LogP contribution in [0.1, 0.15) is 0 Å². The summed E-state index contributed by atoms with van der Waals surface area (Å²) in [6.07, 6.45) is -6.11. The molecule has 14 heteroatoms. The van der Waals surface area contributed by atoms with Crippen molar-refractivity contribution in [1.82, 2.24) is 4.98 Å². The van der Waals surface area contributed by atoms with E-state index in [1.807, 2.05) is 0 Å². The maximum atomic E-state index is 13.1. The van der Waals surface area contributed by atoms with E-state index < -0.39 is 40.4 Å². The van der Waals surface area contributed by atoms with Crippen LogP contribution in [0.5, 0.6) is 0 Å². The molecule has 0 atom stereocenters. The molecule has 0 unspecified atom stereocenters. The van der Waals surface area contributed by atoms with Crippen molar-refractivity contribution in [2.24, 2.45) is 0 Å². The summed E-state index contributed by atoms with van der Waals surface area (Å²) in [6, 6.07) is 0.518. The second kappa shape index (κ2) is 5.79. The number of rotatable bonds is 4. The molecule has 128 valence electrons. The molecule has 0 aliphatic carbocycles. The Balaban J connectivity index is 3.21. The molecular weight excluding hydrogens is 367 g/mol. The predicted octanol–water partition coefficient (Wildman–Crippen LogP) is 3.41. The van der Waals surface area contributed by atoms with Crippen LogP contribution in [0.25, 0.3) is 0 Å². The lowest BCUT2D eigenvalue weighted by Crippen LogP contribution is -2.57. The number of carbonyl (C=O) groups excluding carboxylic acids is 1. The van der Waals surface area contributed by atoms with Crippen LogP contribution in [0.4, 0.5) is 42.2 Å². The fourth-order valence-corrected chi connectivity index (χ4v) is 1.32. The van der Waals surface area contributed by atoms with Crippen molar-refractivity contribution in [3.63, 3.8) is 0 Å². The number of hydrogen-bond acceptors (Lipinski definition) is 4. The zero-order valence-corrected chi connectivity index (χ0v) is 11.1. The van der Waals surface area contributed by atoms with Crippen LogP contribution in [-0.2, 0) is 4.79 Å². The van der Waals surface area contributed by atoms with E-state index in [4.69, 9.17) is 11.6 Å². The zero-order valence-electron chi connectivity index (χ0n) is 10.3. The summed E-state index contributed by atoms with van der Waals surface area (Å²) < 4.78 is 87.3. The molecule has 1 rings (SSSR count). The summed E-state index contributed by atoms with van der Waals surface area (Å²) in [6.45, 7) is 0. The predicted molar refractivity (Wildman–Crippen MR) is 60.5 cm³/mol. The van der Waals surface area contributed by atoms with Gasteiger partial charge in [0.2, 0.25) is 5.82 Å². The molecule has 1 heterocycles. The van der Waals surface area contributed by atoms with E-state index in [1.165, 1.54) is 0 Å². The maximum Gasteiger partial charge on any atom is 0.460 e. The van der Waals surface area contributed by atoms with Gasteiger partial charge >= 0.3 is 29.6 Å². The van der Waals surface area contributed by atoms with Crippen molar-refractivity contribution in [3.05, 3.63) is 27.4 Å². The molecule has 0 saturated carbocycles. The molecule has 0 aliphatic rings. The van der Waals surface area contributed by atoms with E-state index in [0.717, 1.165) is 5.32 Å². The molecule has 0 aliphatic heterocycles. The highest BCUT2D eigenvalue weighted by Crippen LogP contribution is 2.47. The summed E-state index contributed by atoms with van der Waals surface area (Å²) in [5, 5.41) is 11.1. The first kappa shape index (κ1) is 18.9. The van der Waals surface area contributed by atoms with Gasteiger partial charge in [0.25, 0.3) is 0 Å². The number of anilines is 1. The van der Waals surface area contributed by atoms with Crippen LogP contribution < -0.4 is 5.32 Å². The third-order valence-corrected chi connectivity index (χ3v) is 2.51. The Labute approximate surface area is 126 Å². The van der Waals surface area contributed by atoms with E-state index in [0.29, 0.717) is 12.3 Å². The molecule has 0 aromatic carbocycles. The molecule has 23 heavy (non-hydrogen) atoms. The van der Waals surface area contributed by atoms with Gasteiger partial charge in [0.1, 0.15) is 0 Å². The number of halogens is 8. The highest BCUT2D eigenvalue weighted by Gasteiger charge is 2.76. The van der Waals surface area contributed by atoms with Gasteiger partial charge in [-0.2, -0.15) is 30.7 Å². The molecule has 1 N–H and O–H groups in total. The van der Waals surface area contributed by atoms with E-state index in [1.54, 1.807) is 0 Å². The minimum atomic E-state index is -6.73. The Bertz CT molecular complexity index is 650. The van der Waals surface area contributed by atoms with Crippen molar-refractivity contribution in [1.29, 1.82) is 0 Å². The lowest BCUT2D eigenvalue weighted by Gasteiger charge is -2.26. The number of nitro groups is 1. The zero-order chi connectivity index (χ0) is 18.2. The van der Waals surface area contributed by atoms with Crippen LogP contribution in [0, 0.1) is 10.1 Å². The number of hydrogen-bond donors (Lipinski definition) is 1. The minimum absolute atomic E-state index is 0.373. The molecule has 0 spiro atoms. The second-order valence-corrected chi connectivity index (χ2v) is 4.32. The molecule has 1 aromatic rings. The smallest absolute Gasteiger partial charge is 0.299 e. The Hall–Kier alpha value is -2.18. The third kappa shape index (κ3) is 3.43. The van der Waals surface area contributed by atoms with Crippen LogP contribution in [0.2, 0.25) is 5.02 Å². The van der Waals surface area contributed by atoms with Crippen molar-refractivity contribution in [2.45, 2.75) is 18.0 Å².